The van der Waals surface area contributed by atoms with Crippen LogP contribution < -0.4 is 5.32 Å². The minimum Gasteiger partial charge on any atom is -0.381 e. The normalized spacial score (nSPS) is 34.9. The second kappa shape index (κ2) is 8.83. The van der Waals surface area contributed by atoms with Crippen LogP contribution in [0.15, 0.2) is 30.3 Å². The van der Waals surface area contributed by atoms with E-state index < -0.39 is 0 Å². The summed E-state index contributed by atoms with van der Waals surface area (Å²) in [6.07, 6.45) is 6.75. The molecule has 0 aromatic heterocycles. The number of rotatable bonds is 6. The van der Waals surface area contributed by atoms with Crippen molar-refractivity contribution in [2.45, 2.75) is 50.7 Å². The predicted octanol–water partition coefficient (Wildman–Crippen LogP) is 2.99. The van der Waals surface area contributed by atoms with Gasteiger partial charge in [0, 0.05) is 44.9 Å². The Morgan fingerprint density at radius 2 is 1.79 bits per heavy atom. The highest BCUT2D eigenvalue weighted by Crippen LogP contribution is 2.39. The molecule has 1 aromatic carbocycles. The first-order valence-corrected chi connectivity index (χ1v) is 11.7. The van der Waals surface area contributed by atoms with E-state index in [1.165, 1.54) is 70.4 Å². The maximum atomic E-state index is 5.55. The number of nitrogens with zero attached hydrogens (tertiary/aromatic N) is 2. The van der Waals surface area contributed by atoms with Crippen LogP contribution >= 0.6 is 0 Å². The molecule has 0 radical (unpaired) electrons. The predicted molar refractivity (Wildman–Crippen MR) is 113 cm³/mol. The van der Waals surface area contributed by atoms with Gasteiger partial charge in [-0.15, -0.1) is 0 Å². The lowest BCUT2D eigenvalue weighted by molar-refractivity contribution is 0.142. The van der Waals surface area contributed by atoms with Crippen LogP contribution in [0.3, 0.4) is 0 Å². The highest BCUT2D eigenvalue weighted by molar-refractivity contribution is 5.15. The van der Waals surface area contributed by atoms with E-state index in [2.05, 4.69) is 45.4 Å². The Bertz CT molecular complexity index is 610. The van der Waals surface area contributed by atoms with Crippen molar-refractivity contribution in [3.8, 4) is 0 Å². The number of likely N-dealkylation sites (tertiary alicyclic amines) is 2. The van der Waals surface area contributed by atoms with Gasteiger partial charge in [-0.25, -0.2) is 0 Å². The molecule has 4 atom stereocenters. The van der Waals surface area contributed by atoms with Crippen LogP contribution in [0.25, 0.3) is 0 Å². The van der Waals surface area contributed by atoms with E-state index in [4.69, 9.17) is 4.74 Å². The summed E-state index contributed by atoms with van der Waals surface area (Å²) in [5.74, 6) is 2.58. The maximum Gasteiger partial charge on any atom is 0.0507 e. The van der Waals surface area contributed by atoms with Crippen LogP contribution in [-0.2, 0) is 11.3 Å². The first-order chi connectivity index (χ1) is 13.8. The molecule has 154 valence electrons. The average Bonchev–Trinajstić information content (AvgIpc) is 3.44. The van der Waals surface area contributed by atoms with Gasteiger partial charge in [0.25, 0.3) is 0 Å². The van der Waals surface area contributed by atoms with Crippen molar-refractivity contribution in [3.63, 3.8) is 0 Å². The average molecular weight is 384 g/mol. The van der Waals surface area contributed by atoms with Gasteiger partial charge in [0.1, 0.15) is 0 Å². The molecule has 0 amide bonds. The molecule has 0 bridgehead atoms. The molecule has 28 heavy (non-hydrogen) atoms. The molecule has 3 saturated heterocycles. The summed E-state index contributed by atoms with van der Waals surface area (Å²) in [6.45, 7) is 9.50. The lowest BCUT2D eigenvalue weighted by Gasteiger charge is -2.36. The van der Waals surface area contributed by atoms with Gasteiger partial charge < -0.3 is 15.0 Å². The molecular formula is C24H37N3O. The number of hydrogen-bond acceptors (Lipinski definition) is 4. The number of nitrogens with one attached hydrogen (secondary N) is 1. The molecule has 5 rings (SSSR count). The largest absolute Gasteiger partial charge is 0.381 e. The molecule has 1 aromatic rings. The molecule has 0 spiro atoms. The molecule has 3 aliphatic heterocycles. The maximum absolute atomic E-state index is 5.55. The standard InChI is InChI=1S/C24H37N3O/c1-2-4-19(5-3-1)14-27-16-21-6-7-24(23(21)17-27)25-22-8-11-26(12-9-22)15-20-10-13-28-18-20/h1-5,20-25H,6-18H2. The van der Waals surface area contributed by atoms with Gasteiger partial charge in [0.15, 0.2) is 0 Å². The second-order valence-corrected chi connectivity index (χ2v) is 9.76. The fourth-order valence-electron chi connectivity index (χ4n) is 6.21. The Balaban J connectivity index is 1.07. The van der Waals surface area contributed by atoms with Crippen molar-refractivity contribution < 1.29 is 4.74 Å². The van der Waals surface area contributed by atoms with Crippen LogP contribution in [0, 0.1) is 17.8 Å². The summed E-state index contributed by atoms with van der Waals surface area (Å²) in [7, 11) is 0. The molecule has 1 aliphatic carbocycles. The van der Waals surface area contributed by atoms with Crippen molar-refractivity contribution in [1.29, 1.82) is 0 Å². The summed E-state index contributed by atoms with van der Waals surface area (Å²) < 4.78 is 5.55. The van der Waals surface area contributed by atoms with E-state index in [1.54, 1.807) is 0 Å². The minimum atomic E-state index is 0.739. The van der Waals surface area contributed by atoms with Gasteiger partial charge in [-0.3, -0.25) is 4.90 Å². The van der Waals surface area contributed by atoms with Gasteiger partial charge >= 0.3 is 0 Å². The molecule has 4 heteroatoms. The van der Waals surface area contributed by atoms with E-state index in [9.17, 15) is 0 Å². The molecule has 4 nitrogen and oxygen atoms in total. The minimum absolute atomic E-state index is 0.739. The molecular weight excluding hydrogens is 346 g/mol. The van der Waals surface area contributed by atoms with E-state index >= 15 is 0 Å². The highest BCUT2D eigenvalue weighted by atomic mass is 16.5. The number of ether oxygens (including phenoxy) is 1. The van der Waals surface area contributed by atoms with Crippen LogP contribution in [0.5, 0.6) is 0 Å². The van der Waals surface area contributed by atoms with Gasteiger partial charge in [0.2, 0.25) is 0 Å². The number of benzene rings is 1. The van der Waals surface area contributed by atoms with Gasteiger partial charge in [0.05, 0.1) is 6.61 Å². The summed E-state index contributed by atoms with van der Waals surface area (Å²) >= 11 is 0. The Morgan fingerprint density at radius 3 is 2.57 bits per heavy atom. The van der Waals surface area contributed by atoms with Crippen molar-refractivity contribution in [3.05, 3.63) is 35.9 Å². The molecule has 4 unspecified atom stereocenters. The lowest BCUT2D eigenvalue weighted by Crippen LogP contribution is -2.48. The van der Waals surface area contributed by atoms with Crippen molar-refractivity contribution in [1.82, 2.24) is 15.1 Å². The summed E-state index contributed by atoms with van der Waals surface area (Å²) in [4.78, 5) is 5.39. The van der Waals surface area contributed by atoms with E-state index in [0.29, 0.717) is 0 Å². The van der Waals surface area contributed by atoms with Crippen molar-refractivity contribution >= 4 is 0 Å². The SMILES string of the molecule is c1ccc(CN2CC3CCC(NC4CCN(CC5CCOC5)CC4)C3C2)cc1. The van der Waals surface area contributed by atoms with Gasteiger partial charge in [-0.1, -0.05) is 30.3 Å². The first kappa shape index (κ1) is 19.0. The Kier molecular flexibility index (Phi) is 6.00. The molecule has 1 saturated carbocycles. The molecule has 3 heterocycles. The van der Waals surface area contributed by atoms with Crippen LogP contribution in [0.2, 0.25) is 0 Å². The number of hydrogen-bond donors (Lipinski definition) is 1. The second-order valence-electron chi connectivity index (χ2n) is 9.76. The monoisotopic (exact) mass is 383 g/mol. The molecule has 1 N–H and O–H groups in total. The topological polar surface area (TPSA) is 27.7 Å². The van der Waals surface area contributed by atoms with Gasteiger partial charge in [-0.2, -0.15) is 0 Å². The Labute approximate surface area is 170 Å². The summed E-state index contributed by atoms with van der Waals surface area (Å²) in [5.41, 5.74) is 1.46. The van der Waals surface area contributed by atoms with Crippen LogP contribution in [-0.4, -0.2) is 67.8 Å². The fourth-order valence-corrected chi connectivity index (χ4v) is 6.21. The van der Waals surface area contributed by atoms with E-state index in [1.807, 2.05) is 0 Å². The lowest BCUT2D eigenvalue weighted by atomic mass is 9.95. The summed E-state index contributed by atoms with van der Waals surface area (Å²) in [6, 6.07) is 12.5. The van der Waals surface area contributed by atoms with Gasteiger partial charge in [-0.05, 0) is 68.5 Å². The summed E-state index contributed by atoms with van der Waals surface area (Å²) in [5, 5.41) is 4.11. The van der Waals surface area contributed by atoms with E-state index in [0.717, 1.165) is 49.6 Å². The van der Waals surface area contributed by atoms with Crippen molar-refractivity contribution in [2.75, 3.05) is 45.9 Å². The zero-order valence-corrected chi connectivity index (χ0v) is 17.3. The van der Waals surface area contributed by atoms with Crippen LogP contribution in [0.4, 0.5) is 0 Å². The third-order valence-corrected chi connectivity index (χ3v) is 7.76. The van der Waals surface area contributed by atoms with Crippen LogP contribution in [0.1, 0.15) is 37.7 Å². The molecule has 4 aliphatic rings. The third-order valence-electron chi connectivity index (χ3n) is 7.76. The zero-order chi connectivity index (χ0) is 18.8. The quantitative estimate of drug-likeness (QED) is 0.817. The Hall–Kier alpha value is -0.940. The first-order valence-electron chi connectivity index (χ1n) is 11.7. The highest BCUT2D eigenvalue weighted by Gasteiger charge is 2.43. The smallest absolute Gasteiger partial charge is 0.0507 e. The zero-order valence-electron chi connectivity index (χ0n) is 17.3. The van der Waals surface area contributed by atoms with E-state index in [-0.39, 0.29) is 0 Å². The van der Waals surface area contributed by atoms with Crippen molar-refractivity contribution in [2.24, 2.45) is 17.8 Å². The third kappa shape index (κ3) is 4.46. The molecule has 4 fully saturated rings. The Morgan fingerprint density at radius 1 is 0.929 bits per heavy atom. The fraction of sp³-hybridized carbons (Fsp3) is 0.750. The number of fused-ring (bicyclic) bond motifs is 1. The number of piperidine rings is 1.